The third-order valence-corrected chi connectivity index (χ3v) is 2.41. The molecular formula is C11H17N5O5. The molecule has 0 saturated heterocycles. The van der Waals surface area contributed by atoms with Crippen molar-refractivity contribution in [3.05, 3.63) is 11.4 Å². The van der Waals surface area contributed by atoms with Crippen LogP contribution >= 0.6 is 0 Å². The highest BCUT2D eigenvalue weighted by Crippen LogP contribution is 2.07. The van der Waals surface area contributed by atoms with Crippen molar-refractivity contribution in [2.45, 2.75) is 19.9 Å². The molecule has 0 fully saturated rings. The zero-order chi connectivity index (χ0) is 15.8. The Hall–Kier alpha value is -2.49. The molecule has 0 aliphatic rings. The molecule has 0 saturated carbocycles. The number of nitrogens with zero attached hydrogens (tertiary/aromatic N) is 3. The number of hydrogen-bond acceptors (Lipinski definition) is 8. The molecule has 3 N–H and O–H groups in total. The quantitative estimate of drug-likeness (QED) is 0.627. The zero-order valence-corrected chi connectivity index (χ0v) is 11.8. The maximum absolute atomic E-state index is 11.7. The highest BCUT2D eigenvalue weighted by molar-refractivity contribution is 5.92. The number of ether oxygens (including phenoxy) is 2. The van der Waals surface area contributed by atoms with Crippen LogP contribution in [0.2, 0.25) is 0 Å². The monoisotopic (exact) mass is 299 g/mol. The molecule has 10 nitrogen and oxygen atoms in total. The average molecular weight is 299 g/mol. The van der Waals surface area contributed by atoms with Crippen molar-refractivity contribution in [3.8, 4) is 0 Å². The lowest BCUT2D eigenvalue weighted by molar-refractivity contribution is -0.121. The fraction of sp³-hybridized carbons (Fsp3) is 0.545. The molecule has 0 unspecified atom stereocenters. The van der Waals surface area contributed by atoms with Gasteiger partial charge in [-0.05, 0) is 13.5 Å². The smallest absolute Gasteiger partial charge is 0.413 e. The van der Waals surface area contributed by atoms with Crippen LogP contribution in [0.25, 0.3) is 0 Å². The van der Waals surface area contributed by atoms with Crippen LogP contribution in [0.4, 0.5) is 4.79 Å². The Morgan fingerprint density at radius 1 is 1.38 bits per heavy atom. The number of carbonyl (C=O) groups is 3. The molecule has 2 amide bonds. The molecule has 1 aromatic heterocycles. The van der Waals surface area contributed by atoms with Gasteiger partial charge in [0.25, 0.3) is 5.91 Å². The van der Waals surface area contributed by atoms with E-state index in [1.54, 1.807) is 6.92 Å². The van der Waals surface area contributed by atoms with Crippen LogP contribution in [0, 0.1) is 0 Å². The average Bonchev–Trinajstić information content (AvgIpc) is 2.81. The van der Waals surface area contributed by atoms with Gasteiger partial charge in [-0.25, -0.2) is 14.3 Å². The van der Waals surface area contributed by atoms with Gasteiger partial charge in [0.05, 0.1) is 19.4 Å². The van der Waals surface area contributed by atoms with E-state index in [0.29, 0.717) is 5.69 Å². The molecule has 10 heteroatoms. The van der Waals surface area contributed by atoms with Crippen molar-refractivity contribution >= 4 is 18.0 Å². The Labute approximate surface area is 120 Å². The summed E-state index contributed by atoms with van der Waals surface area (Å²) >= 11 is 0. The summed E-state index contributed by atoms with van der Waals surface area (Å²) in [6, 6.07) is 0. The predicted molar refractivity (Wildman–Crippen MR) is 69.3 cm³/mol. The van der Waals surface area contributed by atoms with Gasteiger partial charge in [-0.15, -0.1) is 5.10 Å². The van der Waals surface area contributed by atoms with Gasteiger partial charge in [0.15, 0.2) is 5.69 Å². The number of amides is 2. The Morgan fingerprint density at radius 2 is 2.10 bits per heavy atom. The molecule has 0 atom stereocenters. The third kappa shape index (κ3) is 4.53. The van der Waals surface area contributed by atoms with Gasteiger partial charge in [0.1, 0.15) is 6.54 Å². The van der Waals surface area contributed by atoms with Crippen LogP contribution in [0.1, 0.15) is 23.1 Å². The largest absolute Gasteiger partial charge is 0.464 e. The fourth-order valence-electron chi connectivity index (χ4n) is 1.56. The van der Waals surface area contributed by atoms with E-state index in [0.717, 1.165) is 0 Å². The molecule has 1 aromatic rings. The van der Waals surface area contributed by atoms with Crippen LogP contribution < -0.4 is 11.1 Å². The van der Waals surface area contributed by atoms with Gasteiger partial charge in [0, 0.05) is 6.42 Å². The summed E-state index contributed by atoms with van der Waals surface area (Å²) in [5.41, 5.74) is 5.81. The van der Waals surface area contributed by atoms with Crippen molar-refractivity contribution in [2.75, 3.05) is 20.3 Å². The van der Waals surface area contributed by atoms with E-state index >= 15 is 0 Å². The summed E-state index contributed by atoms with van der Waals surface area (Å²) in [7, 11) is 1.21. The molecule has 0 radical (unpaired) electrons. The van der Waals surface area contributed by atoms with Gasteiger partial charge >= 0.3 is 12.1 Å². The number of methoxy groups -OCH3 is 1. The Kier molecular flexibility index (Phi) is 6.27. The summed E-state index contributed by atoms with van der Waals surface area (Å²) in [6.45, 7) is 1.70. The van der Waals surface area contributed by atoms with Crippen LogP contribution in [0.3, 0.4) is 0 Å². The number of alkyl carbamates (subject to hydrolysis) is 1. The van der Waals surface area contributed by atoms with Crippen molar-refractivity contribution < 1.29 is 23.9 Å². The lowest BCUT2D eigenvalue weighted by atomic mass is 10.2. The van der Waals surface area contributed by atoms with Gasteiger partial charge in [-0.3, -0.25) is 10.1 Å². The number of aromatic nitrogens is 3. The number of nitrogens with one attached hydrogen (secondary N) is 1. The van der Waals surface area contributed by atoms with E-state index in [1.165, 1.54) is 11.8 Å². The predicted octanol–water partition coefficient (Wildman–Crippen LogP) is -1.16. The molecule has 116 valence electrons. The molecule has 21 heavy (non-hydrogen) atoms. The fourth-order valence-corrected chi connectivity index (χ4v) is 1.56. The van der Waals surface area contributed by atoms with E-state index < -0.39 is 18.0 Å². The second-order valence-corrected chi connectivity index (χ2v) is 3.84. The summed E-state index contributed by atoms with van der Waals surface area (Å²) in [4.78, 5) is 34.3. The minimum Gasteiger partial charge on any atom is -0.464 e. The number of hydrogen-bond donors (Lipinski definition) is 2. The van der Waals surface area contributed by atoms with Crippen LogP contribution in [-0.2, 0) is 27.2 Å². The first-order chi connectivity index (χ1) is 10.0. The second kappa shape index (κ2) is 7.94. The van der Waals surface area contributed by atoms with Crippen molar-refractivity contribution in [3.63, 3.8) is 0 Å². The van der Waals surface area contributed by atoms with Crippen molar-refractivity contribution in [1.29, 1.82) is 0 Å². The molecule has 0 spiro atoms. The first-order valence-electron chi connectivity index (χ1n) is 6.20. The first-order valence-corrected chi connectivity index (χ1v) is 6.20. The molecule has 1 heterocycles. The van der Waals surface area contributed by atoms with Gasteiger partial charge < -0.3 is 15.2 Å². The van der Waals surface area contributed by atoms with Crippen molar-refractivity contribution in [2.24, 2.45) is 5.73 Å². The summed E-state index contributed by atoms with van der Waals surface area (Å²) < 4.78 is 10.3. The number of esters is 1. The Morgan fingerprint density at radius 3 is 2.67 bits per heavy atom. The first kappa shape index (κ1) is 16.6. The normalized spacial score (nSPS) is 10.0. The van der Waals surface area contributed by atoms with Crippen LogP contribution in [0.5, 0.6) is 0 Å². The van der Waals surface area contributed by atoms with E-state index in [1.807, 2.05) is 5.32 Å². The lowest BCUT2D eigenvalue weighted by Crippen LogP contribution is -2.34. The van der Waals surface area contributed by atoms with E-state index in [-0.39, 0.29) is 31.8 Å². The van der Waals surface area contributed by atoms with Gasteiger partial charge in [-0.1, -0.05) is 5.21 Å². The van der Waals surface area contributed by atoms with Crippen LogP contribution in [-0.4, -0.2) is 53.2 Å². The minimum atomic E-state index is -0.851. The molecule has 0 aromatic carbocycles. The Balaban J connectivity index is 2.83. The van der Waals surface area contributed by atoms with E-state index in [9.17, 15) is 14.4 Å². The standard InChI is InChI=1S/C11H17N5O5/c1-3-21-11(19)13-8(17)6-16-7(4-5-12)9(14-15-16)10(18)20-2/h3-6,12H2,1-2H3,(H,13,17,19). The van der Waals surface area contributed by atoms with E-state index in [2.05, 4.69) is 19.8 Å². The number of nitrogens with two attached hydrogens (primary N) is 1. The third-order valence-electron chi connectivity index (χ3n) is 2.41. The topological polar surface area (TPSA) is 138 Å². The summed E-state index contributed by atoms with van der Waals surface area (Å²) in [5, 5.41) is 9.37. The number of carbonyl (C=O) groups excluding carboxylic acids is 3. The van der Waals surface area contributed by atoms with Crippen LogP contribution in [0.15, 0.2) is 0 Å². The zero-order valence-electron chi connectivity index (χ0n) is 11.8. The number of rotatable bonds is 6. The second-order valence-electron chi connectivity index (χ2n) is 3.84. The maximum atomic E-state index is 11.7. The Bertz CT molecular complexity index is 527. The molecule has 0 bridgehead atoms. The summed E-state index contributed by atoms with van der Waals surface area (Å²) in [6.07, 6.45) is -0.569. The molecular weight excluding hydrogens is 282 g/mol. The summed E-state index contributed by atoms with van der Waals surface area (Å²) in [5.74, 6) is -1.32. The van der Waals surface area contributed by atoms with Gasteiger partial charge in [0.2, 0.25) is 0 Å². The maximum Gasteiger partial charge on any atom is 0.413 e. The highest BCUT2D eigenvalue weighted by Gasteiger charge is 2.21. The van der Waals surface area contributed by atoms with E-state index in [4.69, 9.17) is 5.73 Å². The minimum absolute atomic E-state index is 0.00751. The lowest BCUT2D eigenvalue weighted by Gasteiger charge is -2.07. The SMILES string of the molecule is CCOC(=O)NC(=O)Cn1nnc(C(=O)OC)c1CCN. The van der Waals surface area contributed by atoms with Gasteiger partial charge in [-0.2, -0.15) is 0 Å². The highest BCUT2D eigenvalue weighted by atomic mass is 16.5. The number of imide groups is 1. The molecule has 1 rings (SSSR count). The van der Waals surface area contributed by atoms with Crippen molar-refractivity contribution in [1.82, 2.24) is 20.3 Å². The molecule has 0 aliphatic carbocycles. The molecule has 0 aliphatic heterocycles.